The van der Waals surface area contributed by atoms with Crippen LogP contribution in [0.15, 0.2) is 28.9 Å². The Labute approximate surface area is 183 Å². The summed E-state index contributed by atoms with van der Waals surface area (Å²) in [6.07, 6.45) is 5.47. The number of halogens is 1. The van der Waals surface area contributed by atoms with E-state index in [0.29, 0.717) is 23.9 Å². The van der Waals surface area contributed by atoms with Crippen LogP contribution in [0.2, 0.25) is 5.02 Å². The second-order valence-electron chi connectivity index (χ2n) is 8.70. The number of furan rings is 1. The Morgan fingerprint density at radius 3 is 2.63 bits per heavy atom. The molecule has 2 aromatic rings. The lowest BCUT2D eigenvalue weighted by molar-refractivity contribution is 0.0724. The van der Waals surface area contributed by atoms with Crippen molar-refractivity contribution >= 4 is 34.2 Å². The van der Waals surface area contributed by atoms with Crippen molar-refractivity contribution in [1.82, 2.24) is 15.1 Å². The molecule has 1 aromatic heterocycles. The molecule has 0 radical (unpaired) electrons. The minimum absolute atomic E-state index is 0.0840. The van der Waals surface area contributed by atoms with Crippen molar-refractivity contribution in [2.24, 2.45) is 0 Å². The Hall–Kier alpha value is -2.18. The SMILES string of the molecule is C=C1Nc2c(Cl)cc3cc(C(=O)N(CC)CCN(C)C)oc3c2C2(CCCCC2)N1. The van der Waals surface area contributed by atoms with Gasteiger partial charge in [-0.1, -0.05) is 37.4 Å². The summed E-state index contributed by atoms with van der Waals surface area (Å²) in [4.78, 5) is 17.1. The fourth-order valence-electron chi connectivity index (χ4n) is 4.78. The van der Waals surface area contributed by atoms with Crippen molar-refractivity contribution < 1.29 is 9.21 Å². The highest BCUT2D eigenvalue weighted by Crippen LogP contribution is 2.49. The quantitative estimate of drug-likeness (QED) is 0.716. The monoisotopic (exact) mass is 430 g/mol. The number of benzene rings is 1. The molecule has 1 aliphatic carbocycles. The van der Waals surface area contributed by atoms with Crippen molar-refractivity contribution in [3.8, 4) is 0 Å². The number of rotatable bonds is 5. The average molecular weight is 431 g/mol. The lowest BCUT2D eigenvalue weighted by atomic mass is 9.74. The molecule has 2 aliphatic rings. The second kappa shape index (κ2) is 8.16. The van der Waals surface area contributed by atoms with E-state index in [9.17, 15) is 4.79 Å². The summed E-state index contributed by atoms with van der Waals surface area (Å²) in [6, 6.07) is 3.72. The normalized spacial score (nSPS) is 17.7. The predicted octanol–water partition coefficient (Wildman–Crippen LogP) is 4.76. The van der Waals surface area contributed by atoms with Crippen LogP contribution in [-0.4, -0.2) is 49.4 Å². The highest BCUT2D eigenvalue weighted by atomic mass is 35.5. The van der Waals surface area contributed by atoms with Crippen molar-refractivity contribution in [1.29, 1.82) is 0 Å². The van der Waals surface area contributed by atoms with Gasteiger partial charge in [0.25, 0.3) is 5.91 Å². The number of fused-ring (bicyclic) bond motifs is 4. The van der Waals surface area contributed by atoms with Gasteiger partial charge in [-0.15, -0.1) is 0 Å². The zero-order valence-corrected chi connectivity index (χ0v) is 18.9. The molecule has 1 saturated carbocycles. The van der Waals surface area contributed by atoms with Crippen LogP contribution in [0.25, 0.3) is 11.0 Å². The zero-order chi connectivity index (χ0) is 21.5. The first-order chi connectivity index (χ1) is 14.3. The van der Waals surface area contributed by atoms with Gasteiger partial charge in [0.15, 0.2) is 5.76 Å². The van der Waals surface area contributed by atoms with Crippen molar-refractivity contribution in [2.75, 3.05) is 39.0 Å². The highest BCUT2D eigenvalue weighted by molar-refractivity contribution is 6.34. The number of anilines is 1. The summed E-state index contributed by atoms with van der Waals surface area (Å²) < 4.78 is 6.26. The first kappa shape index (κ1) is 21.1. The molecule has 30 heavy (non-hydrogen) atoms. The summed E-state index contributed by atoms with van der Waals surface area (Å²) in [6.45, 7) is 8.20. The Morgan fingerprint density at radius 1 is 1.23 bits per heavy atom. The van der Waals surface area contributed by atoms with E-state index in [0.717, 1.165) is 60.3 Å². The summed E-state index contributed by atoms with van der Waals surface area (Å²) in [5, 5.41) is 8.38. The molecular weight excluding hydrogens is 400 g/mol. The van der Waals surface area contributed by atoms with Gasteiger partial charge in [-0.05, 0) is 46.0 Å². The molecular formula is C23H31ClN4O2. The molecule has 1 spiro atoms. The molecule has 1 amide bonds. The number of nitrogens with one attached hydrogen (secondary N) is 2. The molecule has 162 valence electrons. The van der Waals surface area contributed by atoms with E-state index >= 15 is 0 Å². The van der Waals surface area contributed by atoms with Crippen LogP contribution < -0.4 is 10.6 Å². The summed E-state index contributed by atoms with van der Waals surface area (Å²) in [7, 11) is 4.01. The van der Waals surface area contributed by atoms with Crippen molar-refractivity contribution in [2.45, 2.75) is 44.6 Å². The van der Waals surface area contributed by atoms with Gasteiger partial charge in [-0.3, -0.25) is 4.79 Å². The molecule has 4 rings (SSSR count). The number of nitrogens with zero attached hydrogens (tertiary/aromatic N) is 2. The van der Waals surface area contributed by atoms with Crippen LogP contribution in [0.1, 0.15) is 55.1 Å². The molecule has 6 nitrogen and oxygen atoms in total. The maximum atomic E-state index is 13.2. The largest absolute Gasteiger partial charge is 0.450 e. The van der Waals surface area contributed by atoms with E-state index in [1.165, 1.54) is 6.42 Å². The van der Waals surface area contributed by atoms with E-state index in [1.807, 2.05) is 38.1 Å². The van der Waals surface area contributed by atoms with E-state index in [1.54, 1.807) is 0 Å². The van der Waals surface area contributed by atoms with Gasteiger partial charge in [0.2, 0.25) is 0 Å². The Morgan fingerprint density at radius 2 is 1.97 bits per heavy atom. The number of likely N-dealkylation sites (N-methyl/N-ethyl adjacent to an activating group) is 2. The summed E-state index contributed by atoms with van der Waals surface area (Å²) in [5.41, 5.74) is 2.37. The first-order valence-corrected chi connectivity index (χ1v) is 11.2. The fraction of sp³-hybridized carbons (Fsp3) is 0.522. The van der Waals surface area contributed by atoms with E-state index in [2.05, 4.69) is 22.1 Å². The Bertz CT molecular complexity index is 975. The van der Waals surface area contributed by atoms with Crippen LogP contribution in [0.3, 0.4) is 0 Å². The van der Waals surface area contributed by atoms with Gasteiger partial charge in [0.1, 0.15) is 5.58 Å². The Balaban J connectivity index is 1.79. The van der Waals surface area contributed by atoms with Gasteiger partial charge < -0.3 is 24.9 Å². The van der Waals surface area contributed by atoms with Crippen LogP contribution in [0, 0.1) is 0 Å². The lowest BCUT2D eigenvalue weighted by Gasteiger charge is -2.44. The third-order valence-corrected chi connectivity index (χ3v) is 6.61. The summed E-state index contributed by atoms with van der Waals surface area (Å²) in [5.74, 6) is 1.04. The van der Waals surface area contributed by atoms with Crippen LogP contribution in [-0.2, 0) is 5.54 Å². The number of carbonyl (C=O) groups excluding carboxylic acids is 1. The van der Waals surface area contributed by atoms with E-state index in [-0.39, 0.29) is 11.4 Å². The Kier molecular flexibility index (Phi) is 5.73. The molecule has 1 fully saturated rings. The highest BCUT2D eigenvalue weighted by Gasteiger charge is 2.42. The minimum Gasteiger partial charge on any atom is -0.450 e. The predicted molar refractivity (Wildman–Crippen MR) is 122 cm³/mol. The molecule has 0 bridgehead atoms. The van der Waals surface area contributed by atoms with E-state index < -0.39 is 0 Å². The fourth-order valence-corrected chi connectivity index (χ4v) is 5.04. The second-order valence-corrected chi connectivity index (χ2v) is 9.10. The zero-order valence-electron chi connectivity index (χ0n) is 18.1. The number of hydrogen-bond donors (Lipinski definition) is 2. The third-order valence-electron chi connectivity index (χ3n) is 6.31. The maximum absolute atomic E-state index is 13.2. The first-order valence-electron chi connectivity index (χ1n) is 10.8. The van der Waals surface area contributed by atoms with Gasteiger partial charge in [-0.2, -0.15) is 0 Å². The number of hydrogen-bond acceptors (Lipinski definition) is 5. The topological polar surface area (TPSA) is 60.8 Å². The van der Waals surface area contributed by atoms with Gasteiger partial charge >= 0.3 is 0 Å². The van der Waals surface area contributed by atoms with Crippen LogP contribution >= 0.6 is 11.6 Å². The molecule has 2 heterocycles. The maximum Gasteiger partial charge on any atom is 0.289 e. The van der Waals surface area contributed by atoms with Crippen LogP contribution in [0.4, 0.5) is 5.69 Å². The number of carbonyl (C=O) groups is 1. The van der Waals surface area contributed by atoms with Crippen molar-refractivity contribution in [3.63, 3.8) is 0 Å². The van der Waals surface area contributed by atoms with E-state index in [4.69, 9.17) is 16.0 Å². The molecule has 0 unspecified atom stereocenters. The lowest BCUT2D eigenvalue weighted by Crippen LogP contribution is -2.48. The standard InChI is InChI=1S/C23H31ClN4O2/c1-5-28(12-11-27(3)4)22(29)18-14-16-13-17(24)20-19(21(16)30-18)23(26-15(2)25-20)9-7-6-8-10-23/h13-14,25-26H,2,5-12H2,1,3-4H3. The minimum atomic E-state index is -0.257. The van der Waals surface area contributed by atoms with Gasteiger partial charge in [0.05, 0.1) is 22.1 Å². The molecule has 1 aromatic carbocycles. The van der Waals surface area contributed by atoms with Crippen LogP contribution in [0.5, 0.6) is 0 Å². The molecule has 0 saturated heterocycles. The summed E-state index contributed by atoms with van der Waals surface area (Å²) >= 11 is 6.68. The molecule has 1 aliphatic heterocycles. The van der Waals surface area contributed by atoms with Gasteiger partial charge in [-0.25, -0.2) is 0 Å². The third kappa shape index (κ3) is 3.67. The molecule has 7 heteroatoms. The van der Waals surface area contributed by atoms with Gasteiger partial charge in [0, 0.05) is 30.6 Å². The number of amides is 1. The molecule has 2 N–H and O–H groups in total. The average Bonchev–Trinajstić information content (AvgIpc) is 3.12. The molecule has 0 atom stereocenters. The van der Waals surface area contributed by atoms with Crippen molar-refractivity contribution in [3.05, 3.63) is 40.9 Å². The smallest absolute Gasteiger partial charge is 0.289 e.